The highest BCUT2D eigenvalue weighted by Crippen LogP contribution is 2.24. The van der Waals surface area contributed by atoms with Gasteiger partial charge in [-0.15, -0.1) is 12.4 Å². The van der Waals surface area contributed by atoms with Crippen LogP contribution in [0.3, 0.4) is 0 Å². The Hall–Kier alpha value is -0.770. The van der Waals surface area contributed by atoms with Crippen molar-refractivity contribution in [2.24, 2.45) is 0 Å². The summed E-state index contributed by atoms with van der Waals surface area (Å²) in [5.74, 6) is 0.0209. The molecule has 1 saturated heterocycles. The van der Waals surface area contributed by atoms with Crippen molar-refractivity contribution >= 4 is 35.6 Å². The van der Waals surface area contributed by atoms with Gasteiger partial charge in [0.05, 0.1) is 5.54 Å². The second-order valence-electron chi connectivity index (χ2n) is 5.13. The number of carbonyl (C=O) groups is 1. The molecule has 1 aliphatic heterocycles. The van der Waals surface area contributed by atoms with Crippen molar-refractivity contribution in [2.75, 3.05) is 11.9 Å². The highest BCUT2D eigenvalue weighted by Gasteiger charge is 2.34. The number of piperidine rings is 1. The van der Waals surface area contributed by atoms with E-state index in [1.165, 1.54) is 0 Å². The van der Waals surface area contributed by atoms with Gasteiger partial charge in [-0.05, 0) is 57.4 Å². The third-order valence-corrected chi connectivity index (χ3v) is 3.80. The molecule has 1 unspecified atom stereocenters. The first-order valence-electron chi connectivity index (χ1n) is 6.34. The molecule has 0 bridgehead atoms. The Balaban J connectivity index is 0.00000180. The van der Waals surface area contributed by atoms with E-state index in [-0.39, 0.29) is 18.3 Å². The number of anilines is 1. The molecule has 1 fully saturated rings. The average molecular weight is 303 g/mol. The van der Waals surface area contributed by atoms with Crippen LogP contribution in [0.4, 0.5) is 5.69 Å². The average Bonchev–Trinajstić information content (AvgIpc) is 2.35. The third kappa shape index (κ3) is 3.85. The van der Waals surface area contributed by atoms with Crippen LogP contribution in [-0.4, -0.2) is 18.0 Å². The number of hydrogen-bond acceptors (Lipinski definition) is 2. The summed E-state index contributed by atoms with van der Waals surface area (Å²) in [6.45, 7) is 4.82. The van der Waals surface area contributed by atoms with E-state index in [0.29, 0.717) is 5.02 Å². The van der Waals surface area contributed by atoms with Crippen molar-refractivity contribution in [1.82, 2.24) is 5.32 Å². The summed E-state index contributed by atoms with van der Waals surface area (Å²) in [5, 5.41) is 6.92. The number of hydrogen-bond donors (Lipinski definition) is 2. The quantitative estimate of drug-likeness (QED) is 0.877. The fourth-order valence-corrected chi connectivity index (χ4v) is 2.41. The summed E-state index contributed by atoms with van der Waals surface area (Å²) in [4.78, 5) is 12.3. The second kappa shape index (κ2) is 6.60. The summed E-state index contributed by atoms with van der Waals surface area (Å²) in [6.07, 6.45) is 3.10. The fourth-order valence-electron chi connectivity index (χ4n) is 2.24. The van der Waals surface area contributed by atoms with Gasteiger partial charge in [0.2, 0.25) is 5.91 Å². The van der Waals surface area contributed by atoms with Crippen LogP contribution in [0.5, 0.6) is 0 Å². The van der Waals surface area contributed by atoms with Gasteiger partial charge in [-0.25, -0.2) is 0 Å². The Morgan fingerprint density at radius 2 is 2.16 bits per heavy atom. The molecule has 0 radical (unpaired) electrons. The monoisotopic (exact) mass is 302 g/mol. The zero-order chi connectivity index (χ0) is 13.2. The molecule has 1 aliphatic rings. The molecule has 2 N–H and O–H groups in total. The molecule has 0 saturated carbocycles. The highest BCUT2D eigenvalue weighted by atomic mass is 35.5. The predicted molar refractivity (Wildman–Crippen MR) is 82.3 cm³/mol. The zero-order valence-electron chi connectivity index (χ0n) is 11.3. The van der Waals surface area contributed by atoms with Crippen LogP contribution in [-0.2, 0) is 4.79 Å². The molecule has 1 heterocycles. The Morgan fingerprint density at radius 1 is 1.42 bits per heavy atom. The van der Waals surface area contributed by atoms with E-state index in [9.17, 15) is 4.79 Å². The van der Waals surface area contributed by atoms with Crippen LogP contribution >= 0.6 is 24.0 Å². The predicted octanol–water partition coefficient (Wildman–Crippen LogP) is 3.54. The van der Waals surface area contributed by atoms with Crippen molar-refractivity contribution in [3.8, 4) is 0 Å². The maximum atomic E-state index is 12.3. The lowest BCUT2D eigenvalue weighted by Crippen LogP contribution is -2.54. The molecule has 1 aromatic rings. The lowest BCUT2D eigenvalue weighted by atomic mass is 9.90. The van der Waals surface area contributed by atoms with E-state index < -0.39 is 5.54 Å². The van der Waals surface area contributed by atoms with E-state index >= 15 is 0 Å². The van der Waals surface area contributed by atoms with Crippen molar-refractivity contribution in [3.05, 3.63) is 28.8 Å². The van der Waals surface area contributed by atoms with E-state index in [2.05, 4.69) is 10.6 Å². The van der Waals surface area contributed by atoms with Crippen LogP contribution < -0.4 is 10.6 Å². The van der Waals surface area contributed by atoms with Crippen molar-refractivity contribution < 1.29 is 4.79 Å². The van der Waals surface area contributed by atoms with Crippen LogP contribution in [0.2, 0.25) is 5.02 Å². The molecule has 1 amide bonds. The largest absolute Gasteiger partial charge is 0.324 e. The van der Waals surface area contributed by atoms with Crippen LogP contribution in [0.25, 0.3) is 0 Å². The summed E-state index contributed by atoms with van der Waals surface area (Å²) < 4.78 is 0. The number of benzene rings is 1. The molecule has 0 aromatic heterocycles. The SMILES string of the molecule is Cc1ccc(Cl)cc1NC(=O)C1(C)CCCCN1.Cl. The number of amides is 1. The van der Waals surface area contributed by atoms with Gasteiger partial charge >= 0.3 is 0 Å². The highest BCUT2D eigenvalue weighted by molar-refractivity contribution is 6.31. The molecular formula is C14H20Cl2N2O. The summed E-state index contributed by atoms with van der Waals surface area (Å²) in [7, 11) is 0. The summed E-state index contributed by atoms with van der Waals surface area (Å²) in [6, 6.07) is 5.53. The molecule has 0 aliphatic carbocycles. The van der Waals surface area contributed by atoms with Gasteiger partial charge in [0, 0.05) is 10.7 Å². The molecule has 1 aromatic carbocycles. The van der Waals surface area contributed by atoms with E-state index in [1.54, 1.807) is 6.07 Å². The minimum Gasteiger partial charge on any atom is -0.324 e. The van der Waals surface area contributed by atoms with Gasteiger partial charge in [-0.3, -0.25) is 4.79 Å². The summed E-state index contributed by atoms with van der Waals surface area (Å²) >= 11 is 5.95. The van der Waals surface area contributed by atoms with Crippen LogP contribution in [0.15, 0.2) is 18.2 Å². The molecule has 5 heteroatoms. The number of nitrogens with one attached hydrogen (secondary N) is 2. The molecule has 19 heavy (non-hydrogen) atoms. The maximum Gasteiger partial charge on any atom is 0.244 e. The van der Waals surface area contributed by atoms with E-state index in [0.717, 1.165) is 37.1 Å². The first-order valence-corrected chi connectivity index (χ1v) is 6.72. The van der Waals surface area contributed by atoms with Crippen molar-refractivity contribution in [3.63, 3.8) is 0 Å². The number of halogens is 2. The van der Waals surface area contributed by atoms with Crippen molar-refractivity contribution in [2.45, 2.75) is 38.6 Å². The normalized spacial score (nSPS) is 22.5. The zero-order valence-corrected chi connectivity index (χ0v) is 12.8. The smallest absolute Gasteiger partial charge is 0.244 e. The number of rotatable bonds is 2. The number of carbonyl (C=O) groups excluding carboxylic acids is 1. The van der Waals surface area contributed by atoms with E-state index in [4.69, 9.17) is 11.6 Å². The van der Waals surface area contributed by atoms with Gasteiger partial charge in [0.1, 0.15) is 0 Å². The molecular weight excluding hydrogens is 283 g/mol. The van der Waals surface area contributed by atoms with Gasteiger partial charge in [-0.1, -0.05) is 17.7 Å². The lowest BCUT2D eigenvalue weighted by Gasteiger charge is -2.33. The van der Waals surface area contributed by atoms with Gasteiger partial charge < -0.3 is 10.6 Å². The van der Waals surface area contributed by atoms with Crippen LogP contribution in [0, 0.1) is 6.92 Å². The Kier molecular flexibility index (Phi) is 5.65. The Bertz CT molecular complexity index is 457. The van der Waals surface area contributed by atoms with Gasteiger partial charge in [0.25, 0.3) is 0 Å². The van der Waals surface area contributed by atoms with Crippen molar-refractivity contribution in [1.29, 1.82) is 0 Å². The molecule has 3 nitrogen and oxygen atoms in total. The molecule has 106 valence electrons. The first-order chi connectivity index (χ1) is 8.51. The van der Waals surface area contributed by atoms with E-state index in [1.807, 2.05) is 26.0 Å². The lowest BCUT2D eigenvalue weighted by molar-refractivity contribution is -0.122. The molecule has 2 rings (SSSR count). The Labute approximate surface area is 125 Å². The maximum absolute atomic E-state index is 12.3. The van der Waals surface area contributed by atoms with Gasteiger partial charge in [0.15, 0.2) is 0 Å². The fraction of sp³-hybridized carbons (Fsp3) is 0.500. The standard InChI is InChI=1S/C14H19ClN2O.ClH/c1-10-5-6-11(15)9-12(10)17-13(18)14(2)7-3-4-8-16-14;/h5-6,9,16H,3-4,7-8H2,1-2H3,(H,17,18);1H. The molecule has 0 spiro atoms. The first kappa shape index (κ1) is 16.3. The third-order valence-electron chi connectivity index (χ3n) is 3.57. The summed E-state index contributed by atoms with van der Waals surface area (Å²) in [5.41, 5.74) is 1.35. The minimum atomic E-state index is -0.465. The second-order valence-corrected chi connectivity index (χ2v) is 5.57. The topological polar surface area (TPSA) is 41.1 Å². The molecule has 1 atom stereocenters. The van der Waals surface area contributed by atoms with Gasteiger partial charge in [-0.2, -0.15) is 0 Å². The Morgan fingerprint density at radius 3 is 2.79 bits per heavy atom. The van der Waals surface area contributed by atoms with Crippen LogP contribution in [0.1, 0.15) is 31.7 Å². The minimum absolute atomic E-state index is 0. The number of aryl methyl sites for hydroxylation is 1.